The van der Waals surface area contributed by atoms with Gasteiger partial charge in [0.1, 0.15) is 0 Å². The number of carbonyl (C=O) groups is 2. The second-order valence-electron chi connectivity index (χ2n) is 6.55. The van der Waals surface area contributed by atoms with Gasteiger partial charge < -0.3 is 0 Å². The van der Waals surface area contributed by atoms with Gasteiger partial charge in [0.2, 0.25) is 5.78 Å². The normalized spacial score (nSPS) is 16.3. The van der Waals surface area contributed by atoms with E-state index < -0.39 is 0 Å². The zero-order valence-electron chi connectivity index (χ0n) is 13.2. The second-order valence-corrected chi connectivity index (χ2v) is 9.09. The van der Waals surface area contributed by atoms with E-state index in [0.29, 0.717) is 21.9 Å². The molecule has 0 aliphatic heterocycles. The molecular weight excluding hydrogens is 348 g/mol. The number of rotatable bonds is 3. The molecule has 0 unspecified atom stereocenters. The third-order valence-electron chi connectivity index (χ3n) is 4.05. The predicted octanol–water partition coefficient (Wildman–Crippen LogP) is 5.51. The molecule has 0 bridgehead atoms. The van der Waals surface area contributed by atoms with Crippen molar-refractivity contribution in [3.05, 3.63) is 50.9 Å². The molecule has 0 fully saturated rings. The first kappa shape index (κ1) is 16.7. The fourth-order valence-electron chi connectivity index (χ4n) is 3.02. The fraction of sp³-hybridized carbons (Fsp3) is 0.333. The van der Waals surface area contributed by atoms with Crippen LogP contribution in [-0.4, -0.2) is 17.8 Å². The molecular formula is C18H17ClO2S2. The number of benzene rings is 1. The molecule has 120 valence electrons. The van der Waals surface area contributed by atoms with E-state index in [1.54, 1.807) is 36.0 Å². The Labute approximate surface area is 149 Å². The molecule has 1 aliphatic rings. The molecule has 1 aromatic heterocycles. The molecule has 0 radical (unpaired) electrons. The van der Waals surface area contributed by atoms with E-state index in [0.717, 1.165) is 21.8 Å². The summed E-state index contributed by atoms with van der Waals surface area (Å²) < 4.78 is 0.956. The summed E-state index contributed by atoms with van der Waals surface area (Å²) in [5.74, 6) is 0.140. The minimum absolute atomic E-state index is 0.0197. The number of carbonyl (C=O) groups excluding carboxylic acids is 2. The van der Waals surface area contributed by atoms with Crippen LogP contribution in [0.1, 0.15) is 51.4 Å². The number of fused-ring (bicyclic) bond motifs is 1. The van der Waals surface area contributed by atoms with Crippen LogP contribution >= 0.6 is 34.7 Å². The van der Waals surface area contributed by atoms with Gasteiger partial charge in [-0.15, -0.1) is 23.1 Å². The van der Waals surface area contributed by atoms with Crippen LogP contribution in [0.2, 0.25) is 5.02 Å². The van der Waals surface area contributed by atoms with Crippen LogP contribution < -0.4 is 0 Å². The molecule has 2 aromatic rings. The zero-order chi connectivity index (χ0) is 16.8. The lowest BCUT2D eigenvalue weighted by Crippen LogP contribution is -2.27. The number of Topliss-reactive ketones (excluding diaryl/α,β-unsaturated/α-hetero) is 1. The van der Waals surface area contributed by atoms with Crippen molar-refractivity contribution in [3.63, 3.8) is 0 Å². The molecule has 0 spiro atoms. The van der Waals surface area contributed by atoms with Gasteiger partial charge >= 0.3 is 0 Å². The Hall–Kier alpha value is -1.10. The average Bonchev–Trinajstić information content (AvgIpc) is 2.84. The Morgan fingerprint density at radius 1 is 1.22 bits per heavy atom. The largest absolute Gasteiger partial charge is 0.294 e. The van der Waals surface area contributed by atoms with Gasteiger partial charge in [0.25, 0.3) is 0 Å². The van der Waals surface area contributed by atoms with Gasteiger partial charge in [-0.05, 0) is 47.9 Å². The van der Waals surface area contributed by atoms with Crippen molar-refractivity contribution >= 4 is 46.3 Å². The van der Waals surface area contributed by atoms with Crippen LogP contribution in [0.25, 0.3) is 0 Å². The highest BCUT2D eigenvalue weighted by atomic mass is 35.5. The average molecular weight is 365 g/mol. The van der Waals surface area contributed by atoms with Crippen LogP contribution in [0, 0.1) is 5.41 Å². The summed E-state index contributed by atoms with van der Waals surface area (Å²) in [5.41, 5.74) is 2.22. The molecule has 1 heterocycles. The Balaban J connectivity index is 2.12. The van der Waals surface area contributed by atoms with Crippen molar-refractivity contribution in [3.8, 4) is 0 Å². The Morgan fingerprint density at radius 2 is 1.87 bits per heavy atom. The topological polar surface area (TPSA) is 34.1 Å². The van der Waals surface area contributed by atoms with Gasteiger partial charge in [-0.3, -0.25) is 9.59 Å². The van der Waals surface area contributed by atoms with Gasteiger partial charge in [-0.1, -0.05) is 25.4 Å². The van der Waals surface area contributed by atoms with Crippen molar-refractivity contribution in [2.75, 3.05) is 6.26 Å². The molecule has 0 amide bonds. The quantitative estimate of drug-likeness (QED) is 0.532. The maximum Gasteiger partial charge on any atom is 0.203 e. The minimum Gasteiger partial charge on any atom is -0.294 e. The van der Waals surface area contributed by atoms with Crippen molar-refractivity contribution in [2.24, 2.45) is 5.41 Å². The van der Waals surface area contributed by atoms with E-state index in [1.165, 1.54) is 11.3 Å². The molecule has 1 aliphatic carbocycles. The molecule has 2 nitrogen and oxygen atoms in total. The fourth-order valence-corrected chi connectivity index (χ4v) is 5.20. The first-order valence-corrected chi connectivity index (χ1v) is 9.77. The maximum atomic E-state index is 12.9. The minimum atomic E-state index is -0.101. The van der Waals surface area contributed by atoms with Crippen LogP contribution in [0.3, 0.4) is 0 Å². The molecule has 0 atom stereocenters. The smallest absolute Gasteiger partial charge is 0.203 e. The lowest BCUT2D eigenvalue weighted by molar-refractivity contribution is 0.0910. The molecule has 0 saturated carbocycles. The zero-order valence-corrected chi connectivity index (χ0v) is 15.6. The van der Waals surface area contributed by atoms with Crippen LogP contribution in [0.4, 0.5) is 0 Å². The van der Waals surface area contributed by atoms with Gasteiger partial charge in [0.15, 0.2) is 5.78 Å². The van der Waals surface area contributed by atoms with Crippen LogP contribution in [-0.2, 0) is 6.42 Å². The van der Waals surface area contributed by atoms with Gasteiger partial charge in [-0.25, -0.2) is 0 Å². The van der Waals surface area contributed by atoms with E-state index in [2.05, 4.69) is 13.8 Å². The van der Waals surface area contributed by atoms with Gasteiger partial charge in [0, 0.05) is 22.6 Å². The summed E-state index contributed by atoms with van der Waals surface area (Å²) in [6.45, 7) is 4.17. The van der Waals surface area contributed by atoms with E-state index in [1.807, 2.05) is 6.26 Å². The van der Waals surface area contributed by atoms with Crippen molar-refractivity contribution in [1.29, 1.82) is 0 Å². The van der Waals surface area contributed by atoms with Crippen molar-refractivity contribution < 1.29 is 9.59 Å². The highest BCUT2D eigenvalue weighted by molar-refractivity contribution is 8.00. The molecule has 0 saturated heterocycles. The van der Waals surface area contributed by atoms with Crippen molar-refractivity contribution in [1.82, 2.24) is 0 Å². The first-order chi connectivity index (χ1) is 10.8. The Bertz CT molecular complexity index is 788. The summed E-state index contributed by atoms with van der Waals surface area (Å²) >= 11 is 8.90. The third-order valence-corrected chi connectivity index (χ3v) is 6.65. The van der Waals surface area contributed by atoms with E-state index >= 15 is 0 Å². The van der Waals surface area contributed by atoms with E-state index in [4.69, 9.17) is 11.6 Å². The van der Waals surface area contributed by atoms with E-state index in [9.17, 15) is 9.59 Å². The third kappa shape index (κ3) is 3.12. The Morgan fingerprint density at radius 3 is 2.48 bits per heavy atom. The standard InChI is InChI=1S/C18H17ClO2S2/c1-18(2)8-12-14(13(20)9-18)17(22-3)23-16(12)15(21)10-4-6-11(19)7-5-10/h4-7H,8-9H2,1-3H3. The molecule has 23 heavy (non-hydrogen) atoms. The summed E-state index contributed by atoms with van der Waals surface area (Å²) in [4.78, 5) is 26.2. The van der Waals surface area contributed by atoms with Gasteiger partial charge in [-0.2, -0.15) is 0 Å². The number of hydrogen-bond acceptors (Lipinski definition) is 4. The first-order valence-electron chi connectivity index (χ1n) is 7.35. The number of thiophene rings is 1. The summed E-state index contributed by atoms with van der Waals surface area (Å²) in [6.07, 6.45) is 3.26. The summed E-state index contributed by atoms with van der Waals surface area (Å²) in [6, 6.07) is 6.93. The highest BCUT2D eigenvalue weighted by Gasteiger charge is 2.37. The Kier molecular flexibility index (Phi) is 4.43. The molecule has 1 aromatic carbocycles. The van der Waals surface area contributed by atoms with Crippen LogP contribution in [0.5, 0.6) is 0 Å². The monoisotopic (exact) mass is 364 g/mol. The lowest BCUT2D eigenvalue weighted by Gasteiger charge is -2.29. The molecule has 5 heteroatoms. The lowest BCUT2D eigenvalue weighted by atomic mass is 9.74. The predicted molar refractivity (Wildman–Crippen MR) is 97.4 cm³/mol. The number of hydrogen-bond donors (Lipinski definition) is 0. The summed E-state index contributed by atoms with van der Waals surface area (Å²) in [5, 5.41) is 0.607. The number of thioether (sulfide) groups is 1. The molecule has 0 N–H and O–H groups in total. The maximum absolute atomic E-state index is 12.9. The van der Waals surface area contributed by atoms with Crippen LogP contribution in [0.15, 0.2) is 28.5 Å². The number of halogens is 1. The highest BCUT2D eigenvalue weighted by Crippen LogP contribution is 2.45. The molecule has 3 rings (SSSR count). The second kappa shape index (κ2) is 6.08. The number of ketones is 2. The van der Waals surface area contributed by atoms with E-state index in [-0.39, 0.29) is 17.0 Å². The van der Waals surface area contributed by atoms with Gasteiger partial charge in [0.05, 0.1) is 9.09 Å². The summed E-state index contributed by atoms with van der Waals surface area (Å²) in [7, 11) is 0. The van der Waals surface area contributed by atoms with Crippen molar-refractivity contribution in [2.45, 2.75) is 30.9 Å². The SMILES string of the molecule is CSc1sc(C(=O)c2ccc(Cl)cc2)c2c1C(=O)CC(C)(C)C2.